The van der Waals surface area contributed by atoms with Gasteiger partial charge in [-0.3, -0.25) is 4.79 Å². The molecule has 17 heavy (non-hydrogen) atoms. The van der Waals surface area contributed by atoms with Crippen LogP contribution in [0.3, 0.4) is 0 Å². The molecule has 1 aliphatic rings. The summed E-state index contributed by atoms with van der Waals surface area (Å²) in [7, 11) is 0. The van der Waals surface area contributed by atoms with Crippen molar-refractivity contribution in [1.82, 2.24) is 5.32 Å². The van der Waals surface area contributed by atoms with E-state index < -0.39 is 0 Å². The number of carbonyl (C=O) groups is 1. The number of halogens is 1. The van der Waals surface area contributed by atoms with Gasteiger partial charge in [-0.1, -0.05) is 31.0 Å². The van der Waals surface area contributed by atoms with Crippen LogP contribution in [0.2, 0.25) is 5.02 Å². The van der Waals surface area contributed by atoms with E-state index in [1.165, 1.54) is 12.8 Å². The van der Waals surface area contributed by atoms with E-state index in [1.807, 2.05) is 0 Å². The lowest BCUT2D eigenvalue weighted by molar-refractivity contribution is 0.0930. The predicted octanol–water partition coefficient (Wildman–Crippen LogP) is 2.84. The van der Waals surface area contributed by atoms with Crippen LogP contribution in [-0.2, 0) is 0 Å². The second kappa shape index (κ2) is 4.96. The minimum absolute atomic E-state index is 0.160. The Kier molecular flexibility index (Phi) is 3.57. The molecule has 0 aromatic heterocycles. The third-order valence-corrected chi connectivity index (χ3v) is 3.77. The second-order valence-corrected chi connectivity index (χ2v) is 5.10. The van der Waals surface area contributed by atoms with Gasteiger partial charge in [0.05, 0.1) is 10.6 Å². The topological polar surface area (TPSA) is 55.1 Å². The summed E-state index contributed by atoms with van der Waals surface area (Å²) in [5.41, 5.74) is 6.61. The summed E-state index contributed by atoms with van der Waals surface area (Å²) in [6.07, 6.45) is 3.38. The van der Waals surface area contributed by atoms with Crippen molar-refractivity contribution in [2.75, 3.05) is 5.73 Å². The van der Waals surface area contributed by atoms with Crippen LogP contribution in [0.15, 0.2) is 18.2 Å². The summed E-state index contributed by atoms with van der Waals surface area (Å²) in [5, 5.41) is 3.43. The van der Waals surface area contributed by atoms with Gasteiger partial charge in [-0.25, -0.2) is 0 Å². The maximum atomic E-state index is 12.1. The largest absolute Gasteiger partial charge is 0.398 e. The minimum atomic E-state index is -0.160. The van der Waals surface area contributed by atoms with E-state index in [0.717, 1.165) is 6.42 Å². The van der Waals surface area contributed by atoms with Crippen LogP contribution >= 0.6 is 11.6 Å². The Morgan fingerprint density at radius 1 is 1.47 bits per heavy atom. The zero-order chi connectivity index (χ0) is 12.4. The molecule has 2 rings (SSSR count). The molecule has 1 aliphatic carbocycles. The van der Waals surface area contributed by atoms with Crippen molar-refractivity contribution in [3.05, 3.63) is 28.8 Å². The normalized spacial score (nSPS) is 23.6. The molecule has 0 heterocycles. The van der Waals surface area contributed by atoms with Crippen molar-refractivity contribution in [3.8, 4) is 0 Å². The Morgan fingerprint density at radius 2 is 2.24 bits per heavy atom. The standard InChI is InChI=1S/C13H17ClN2O/c1-8-4-2-7-11(8)16-13(17)12-9(14)5-3-6-10(12)15/h3,5-6,8,11H,2,4,7,15H2,1H3,(H,16,17). The molecule has 1 aromatic rings. The van der Waals surface area contributed by atoms with Gasteiger partial charge in [0.1, 0.15) is 0 Å². The second-order valence-electron chi connectivity index (χ2n) is 4.69. The van der Waals surface area contributed by atoms with Gasteiger partial charge in [0.2, 0.25) is 0 Å². The quantitative estimate of drug-likeness (QED) is 0.796. The van der Waals surface area contributed by atoms with Crippen molar-refractivity contribution >= 4 is 23.2 Å². The smallest absolute Gasteiger partial charge is 0.255 e. The monoisotopic (exact) mass is 252 g/mol. The Hall–Kier alpha value is -1.22. The molecule has 4 heteroatoms. The van der Waals surface area contributed by atoms with Crippen LogP contribution in [0.4, 0.5) is 5.69 Å². The molecule has 0 aliphatic heterocycles. The molecule has 3 nitrogen and oxygen atoms in total. The first-order valence-corrected chi connectivity index (χ1v) is 6.32. The molecule has 2 atom stereocenters. The number of anilines is 1. The van der Waals surface area contributed by atoms with E-state index in [0.29, 0.717) is 22.2 Å². The third kappa shape index (κ3) is 2.55. The molecule has 0 saturated heterocycles. The molecular formula is C13H17ClN2O. The molecule has 1 fully saturated rings. The summed E-state index contributed by atoms with van der Waals surface area (Å²) >= 11 is 6.01. The zero-order valence-corrected chi connectivity index (χ0v) is 10.6. The van der Waals surface area contributed by atoms with Gasteiger partial charge in [-0.05, 0) is 30.9 Å². The lowest BCUT2D eigenvalue weighted by atomic mass is 10.1. The molecule has 1 aromatic carbocycles. The molecular weight excluding hydrogens is 236 g/mol. The molecule has 2 unspecified atom stereocenters. The van der Waals surface area contributed by atoms with Crippen LogP contribution in [0.1, 0.15) is 36.5 Å². The zero-order valence-electron chi connectivity index (χ0n) is 9.87. The fraction of sp³-hybridized carbons (Fsp3) is 0.462. The van der Waals surface area contributed by atoms with Gasteiger partial charge in [-0.2, -0.15) is 0 Å². The number of amides is 1. The number of hydrogen-bond donors (Lipinski definition) is 2. The van der Waals surface area contributed by atoms with Gasteiger partial charge < -0.3 is 11.1 Å². The number of nitrogens with one attached hydrogen (secondary N) is 1. The van der Waals surface area contributed by atoms with Crippen LogP contribution in [-0.4, -0.2) is 11.9 Å². The highest BCUT2D eigenvalue weighted by Gasteiger charge is 2.26. The lowest BCUT2D eigenvalue weighted by Crippen LogP contribution is -2.36. The maximum absolute atomic E-state index is 12.1. The van der Waals surface area contributed by atoms with E-state index >= 15 is 0 Å². The van der Waals surface area contributed by atoms with Gasteiger partial charge in [-0.15, -0.1) is 0 Å². The van der Waals surface area contributed by atoms with Crippen molar-refractivity contribution in [1.29, 1.82) is 0 Å². The van der Waals surface area contributed by atoms with Crippen LogP contribution < -0.4 is 11.1 Å². The highest BCUT2D eigenvalue weighted by atomic mass is 35.5. The molecule has 92 valence electrons. The van der Waals surface area contributed by atoms with E-state index in [2.05, 4.69) is 12.2 Å². The van der Waals surface area contributed by atoms with Gasteiger partial charge >= 0.3 is 0 Å². The first-order valence-electron chi connectivity index (χ1n) is 5.94. The maximum Gasteiger partial charge on any atom is 0.255 e. The fourth-order valence-electron chi connectivity index (χ4n) is 2.38. The van der Waals surface area contributed by atoms with Crippen LogP contribution in [0.5, 0.6) is 0 Å². The van der Waals surface area contributed by atoms with E-state index in [4.69, 9.17) is 17.3 Å². The van der Waals surface area contributed by atoms with Gasteiger partial charge in [0.15, 0.2) is 0 Å². The Balaban J connectivity index is 2.14. The molecule has 1 amide bonds. The summed E-state index contributed by atoms with van der Waals surface area (Å²) < 4.78 is 0. The molecule has 0 spiro atoms. The minimum Gasteiger partial charge on any atom is -0.398 e. The average Bonchev–Trinajstić information content (AvgIpc) is 2.64. The Bertz CT molecular complexity index is 413. The van der Waals surface area contributed by atoms with Crippen molar-refractivity contribution in [3.63, 3.8) is 0 Å². The number of benzene rings is 1. The Labute approximate surface area is 106 Å². The summed E-state index contributed by atoms with van der Waals surface area (Å²) in [5.74, 6) is 0.370. The van der Waals surface area contributed by atoms with Crippen molar-refractivity contribution in [2.45, 2.75) is 32.2 Å². The van der Waals surface area contributed by atoms with Crippen molar-refractivity contribution in [2.24, 2.45) is 5.92 Å². The molecule has 0 bridgehead atoms. The summed E-state index contributed by atoms with van der Waals surface area (Å²) in [6.45, 7) is 2.16. The first-order chi connectivity index (χ1) is 8.09. The molecule has 3 N–H and O–H groups in total. The van der Waals surface area contributed by atoms with E-state index in [9.17, 15) is 4.79 Å². The average molecular weight is 253 g/mol. The first kappa shape index (κ1) is 12.2. The van der Waals surface area contributed by atoms with Crippen LogP contribution in [0.25, 0.3) is 0 Å². The SMILES string of the molecule is CC1CCCC1NC(=O)c1c(N)cccc1Cl. The highest BCUT2D eigenvalue weighted by Crippen LogP contribution is 2.27. The van der Waals surface area contributed by atoms with Gasteiger partial charge in [0.25, 0.3) is 5.91 Å². The predicted molar refractivity (Wildman–Crippen MR) is 70.1 cm³/mol. The number of nitrogen functional groups attached to an aromatic ring is 1. The number of rotatable bonds is 2. The molecule has 0 radical (unpaired) electrons. The lowest BCUT2D eigenvalue weighted by Gasteiger charge is -2.18. The summed E-state index contributed by atoms with van der Waals surface area (Å²) in [4.78, 5) is 12.1. The van der Waals surface area contributed by atoms with Gasteiger partial charge in [0, 0.05) is 11.7 Å². The van der Waals surface area contributed by atoms with Crippen molar-refractivity contribution < 1.29 is 4.79 Å². The highest BCUT2D eigenvalue weighted by molar-refractivity contribution is 6.34. The van der Waals surface area contributed by atoms with Crippen LogP contribution in [0, 0.1) is 5.92 Å². The fourth-order valence-corrected chi connectivity index (χ4v) is 2.65. The van der Waals surface area contributed by atoms with E-state index in [1.54, 1.807) is 18.2 Å². The Morgan fingerprint density at radius 3 is 2.82 bits per heavy atom. The number of nitrogens with two attached hydrogens (primary N) is 1. The van der Waals surface area contributed by atoms with E-state index in [-0.39, 0.29) is 11.9 Å². The molecule has 1 saturated carbocycles. The number of hydrogen-bond acceptors (Lipinski definition) is 2. The number of carbonyl (C=O) groups excluding carboxylic acids is 1. The summed E-state index contributed by atoms with van der Waals surface area (Å²) in [6, 6.07) is 5.37. The third-order valence-electron chi connectivity index (χ3n) is 3.45.